The molecule has 0 spiro atoms. The Labute approximate surface area is 129 Å². The van der Waals surface area contributed by atoms with Crippen LogP contribution in [0.1, 0.15) is 34.6 Å². The van der Waals surface area contributed by atoms with Crippen LogP contribution in [0.15, 0.2) is 36.4 Å². The van der Waals surface area contributed by atoms with E-state index in [1.54, 1.807) is 0 Å². The van der Waals surface area contributed by atoms with Crippen molar-refractivity contribution in [2.75, 3.05) is 6.61 Å². The van der Waals surface area contributed by atoms with Crippen LogP contribution in [0, 0.1) is 0 Å². The molecule has 2 aromatic carbocycles. The fourth-order valence-corrected chi connectivity index (χ4v) is 3.14. The van der Waals surface area contributed by atoms with E-state index in [2.05, 4.69) is 31.2 Å². The molecule has 1 unspecified atom stereocenters. The first-order valence-electron chi connectivity index (χ1n) is 6.87. The molecule has 1 nitrogen and oxygen atoms in total. The Morgan fingerprint density at radius 1 is 1.20 bits per heavy atom. The van der Waals surface area contributed by atoms with Crippen LogP contribution in [0.2, 0.25) is 5.02 Å². The van der Waals surface area contributed by atoms with Crippen molar-refractivity contribution in [2.45, 2.75) is 25.1 Å². The Bertz CT molecular complexity index is 620. The molecule has 104 valence electrons. The summed E-state index contributed by atoms with van der Waals surface area (Å²) in [6.45, 7) is 2.85. The normalized spacial score (nSPS) is 14.8. The SMILES string of the molecule is CCc1ccc(C(Cl)c2cc(Cl)cc3c2OCC3)cc1. The van der Waals surface area contributed by atoms with Gasteiger partial charge in [0.2, 0.25) is 0 Å². The maximum atomic E-state index is 6.64. The summed E-state index contributed by atoms with van der Waals surface area (Å²) in [7, 11) is 0. The van der Waals surface area contributed by atoms with E-state index in [-0.39, 0.29) is 5.38 Å². The Morgan fingerprint density at radius 2 is 1.95 bits per heavy atom. The maximum absolute atomic E-state index is 6.64. The maximum Gasteiger partial charge on any atom is 0.127 e. The molecule has 3 rings (SSSR count). The van der Waals surface area contributed by atoms with Gasteiger partial charge in [-0.25, -0.2) is 0 Å². The third-order valence-electron chi connectivity index (χ3n) is 3.73. The molecule has 0 aromatic heterocycles. The van der Waals surface area contributed by atoms with Gasteiger partial charge >= 0.3 is 0 Å². The molecule has 0 radical (unpaired) electrons. The number of benzene rings is 2. The summed E-state index contributed by atoms with van der Waals surface area (Å²) in [5.74, 6) is 0.911. The third kappa shape index (κ3) is 2.53. The molecule has 1 atom stereocenters. The van der Waals surface area contributed by atoms with Gasteiger partial charge in [-0.05, 0) is 35.2 Å². The molecular weight excluding hydrogens is 291 g/mol. The van der Waals surface area contributed by atoms with Crippen LogP contribution in [0.5, 0.6) is 5.75 Å². The summed E-state index contributed by atoms with van der Waals surface area (Å²) in [6.07, 6.45) is 1.93. The van der Waals surface area contributed by atoms with Gasteiger partial charge in [0.05, 0.1) is 12.0 Å². The van der Waals surface area contributed by atoms with Gasteiger partial charge in [0.1, 0.15) is 5.75 Å². The summed E-state index contributed by atoms with van der Waals surface area (Å²) in [5.41, 5.74) is 4.51. The Morgan fingerprint density at radius 3 is 2.65 bits per heavy atom. The van der Waals surface area contributed by atoms with Gasteiger partial charge in [-0.3, -0.25) is 0 Å². The fourth-order valence-electron chi connectivity index (χ4n) is 2.59. The Kier molecular flexibility index (Phi) is 3.91. The van der Waals surface area contributed by atoms with Crippen molar-refractivity contribution in [3.8, 4) is 5.75 Å². The van der Waals surface area contributed by atoms with Crippen LogP contribution in [-0.2, 0) is 12.8 Å². The first-order chi connectivity index (χ1) is 9.69. The molecule has 1 aliphatic heterocycles. The highest BCUT2D eigenvalue weighted by atomic mass is 35.5. The zero-order valence-electron chi connectivity index (χ0n) is 11.3. The first kappa shape index (κ1) is 13.8. The van der Waals surface area contributed by atoms with Gasteiger partial charge in [0, 0.05) is 17.0 Å². The van der Waals surface area contributed by atoms with E-state index in [1.165, 1.54) is 5.56 Å². The van der Waals surface area contributed by atoms with Gasteiger partial charge in [-0.2, -0.15) is 0 Å². The molecule has 3 heteroatoms. The van der Waals surface area contributed by atoms with E-state index in [0.29, 0.717) is 6.61 Å². The topological polar surface area (TPSA) is 9.23 Å². The molecule has 0 amide bonds. The number of fused-ring (bicyclic) bond motifs is 1. The molecule has 0 N–H and O–H groups in total. The standard InChI is InChI=1S/C17H16Cl2O/c1-2-11-3-5-12(6-4-11)16(19)15-10-14(18)9-13-7-8-20-17(13)15/h3-6,9-10,16H,2,7-8H2,1H3. The van der Waals surface area contributed by atoms with E-state index in [4.69, 9.17) is 27.9 Å². The van der Waals surface area contributed by atoms with Crippen LogP contribution < -0.4 is 4.74 Å². The lowest BCUT2D eigenvalue weighted by molar-refractivity contribution is 0.353. The second-order valence-electron chi connectivity index (χ2n) is 5.04. The lowest BCUT2D eigenvalue weighted by Crippen LogP contribution is -1.98. The van der Waals surface area contributed by atoms with Crippen LogP contribution in [-0.4, -0.2) is 6.61 Å². The van der Waals surface area contributed by atoms with E-state index >= 15 is 0 Å². The molecule has 2 aromatic rings. The number of hydrogen-bond acceptors (Lipinski definition) is 1. The van der Waals surface area contributed by atoms with Crippen molar-refractivity contribution in [3.05, 3.63) is 63.7 Å². The summed E-state index contributed by atoms with van der Waals surface area (Å²) in [5, 5.41) is 0.492. The highest BCUT2D eigenvalue weighted by molar-refractivity contribution is 6.31. The molecule has 1 heterocycles. The molecule has 20 heavy (non-hydrogen) atoms. The molecule has 0 aliphatic carbocycles. The Balaban J connectivity index is 1.99. The minimum Gasteiger partial charge on any atom is -0.493 e. The third-order valence-corrected chi connectivity index (χ3v) is 4.44. The minimum absolute atomic E-state index is 0.230. The Hall–Kier alpha value is -1.18. The average Bonchev–Trinajstić information content (AvgIpc) is 2.94. The second-order valence-corrected chi connectivity index (χ2v) is 5.91. The van der Waals surface area contributed by atoms with E-state index in [1.807, 2.05) is 12.1 Å². The number of hydrogen-bond donors (Lipinski definition) is 0. The zero-order valence-corrected chi connectivity index (χ0v) is 12.8. The summed E-state index contributed by atoms with van der Waals surface area (Å²) in [6, 6.07) is 12.3. The lowest BCUT2D eigenvalue weighted by atomic mass is 9.99. The van der Waals surface area contributed by atoms with Crippen molar-refractivity contribution in [2.24, 2.45) is 0 Å². The highest BCUT2D eigenvalue weighted by Gasteiger charge is 2.23. The first-order valence-corrected chi connectivity index (χ1v) is 7.68. The van der Waals surface area contributed by atoms with E-state index < -0.39 is 0 Å². The summed E-state index contributed by atoms with van der Waals surface area (Å²) < 4.78 is 5.73. The predicted octanol–water partition coefficient (Wildman–Crippen LogP) is 5.17. The molecule has 1 aliphatic rings. The number of aryl methyl sites for hydroxylation is 1. The predicted molar refractivity (Wildman–Crippen MR) is 84.2 cm³/mol. The minimum atomic E-state index is -0.230. The smallest absolute Gasteiger partial charge is 0.127 e. The number of rotatable bonds is 3. The van der Waals surface area contributed by atoms with Gasteiger partial charge < -0.3 is 4.74 Å². The fraction of sp³-hybridized carbons (Fsp3) is 0.294. The van der Waals surface area contributed by atoms with Crippen molar-refractivity contribution < 1.29 is 4.74 Å². The van der Waals surface area contributed by atoms with E-state index in [0.717, 1.165) is 40.3 Å². The molecule has 0 saturated heterocycles. The van der Waals surface area contributed by atoms with Crippen LogP contribution in [0.4, 0.5) is 0 Å². The quantitative estimate of drug-likeness (QED) is 0.711. The number of alkyl halides is 1. The summed E-state index contributed by atoms with van der Waals surface area (Å²) in [4.78, 5) is 0. The molecule has 0 saturated carbocycles. The van der Waals surface area contributed by atoms with Gasteiger partial charge in [0.25, 0.3) is 0 Å². The number of halogens is 2. The molecule has 0 fully saturated rings. The zero-order chi connectivity index (χ0) is 14.1. The average molecular weight is 307 g/mol. The monoisotopic (exact) mass is 306 g/mol. The number of ether oxygens (including phenoxy) is 1. The van der Waals surface area contributed by atoms with Gasteiger partial charge in [0.15, 0.2) is 0 Å². The van der Waals surface area contributed by atoms with Crippen LogP contribution in [0.25, 0.3) is 0 Å². The highest BCUT2D eigenvalue weighted by Crippen LogP contribution is 2.41. The van der Waals surface area contributed by atoms with Crippen LogP contribution >= 0.6 is 23.2 Å². The lowest BCUT2D eigenvalue weighted by Gasteiger charge is -2.15. The van der Waals surface area contributed by atoms with Gasteiger partial charge in [-0.1, -0.05) is 42.8 Å². The summed E-state index contributed by atoms with van der Waals surface area (Å²) >= 11 is 12.8. The largest absolute Gasteiger partial charge is 0.493 e. The molecular formula is C17H16Cl2O. The van der Waals surface area contributed by atoms with Crippen molar-refractivity contribution in [1.29, 1.82) is 0 Å². The second kappa shape index (κ2) is 5.67. The van der Waals surface area contributed by atoms with Crippen LogP contribution in [0.3, 0.4) is 0 Å². The van der Waals surface area contributed by atoms with E-state index in [9.17, 15) is 0 Å². The molecule has 0 bridgehead atoms. The van der Waals surface area contributed by atoms with Crippen molar-refractivity contribution >= 4 is 23.2 Å². The van der Waals surface area contributed by atoms with Crippen molar-refractivity contribution in [1.82, 2.24) is 0 Å². The van der Waals surface area contributed by atoms with Gasteiger partial charge in [-0.15, -0.1) is 11.6 Å². The van der Waals surface area contributed by atoms with Crippen molar-refractivity contribution in [3.63, 3.8) is 0 Å².